The third-order valence-corrected chi connectivity index (χ3v) is 3.50. The van der Waals surface area contributed by atoms with E-state index in [2.05, 4.69) is 10.3 Å². The van der Waals surface area contributed by atoms with Gasteiger partial charge in [0, 0.05) is 42.2 Å². The number of aromatic nitrogens is 1. The molecule has 0 saturated carbocycles. The van der Waals surface area contributed by atoms with Crippen molar-refractivity contribution in [3.05, 3.63) is 76.9 Å². The van der Waals surface area contributed by atoms with E-state index >= 15 is 0 Å². The van der Waals surface area contributed by atoms with Gasteiger partial charge in [0.25, 0.3) is 0 Å². The Labute approximate surface area is 128 Å². The van der Waals surface area contributed by atoms with Crippen molar-refractivity contribution in [3.8, 4) is 0 Å². The van der Waals surface area contributed by atoms with Crippen molar-refractivity contribution < 1.29 is 9.18 Å². The van der Waals surface area contributed by atoms with Crippen LogP contribution in [0.2, 0.25) is 0 Å². The highest BCUT2D eigenvalue weighted by Gasteiger charge is 2.20. The SMILES string of the molecule is O=C1/C(=C/c2ccncc2)CNC/C1=C\c1ccccc1F. The number of ketones is 1. The van der Waals surface area contributed by atoms with Crippen LogP contribution in [0, 0.1) is 5.82 Å². The highest BCUT2D eigenvalue weighted by Crippen LogP contribution is 2.18. The molecule has 110 valence electrons. The molecule has 2 aromatic rings. The number of carbonyl (C=O) groups excluding carboxylic acids is 1. The van der Waals surface area contributed by atoms with Crippen molar-refractivity contribution in [1.29, 1.82) is 0 Å². The van der Waals surface area contributed by atoms with Crippen LogP contribution in [0.15, 0.2) is 59.9 Å². The number of piperidine rings is 1. The predicted molar refractivity (Wildman–Crippen MR) is 84.5 cm³/mol. The van der Waals surface area contributed by atoms with E-state index in [4.69, 9.17) is 0 Å². The third-order valence-electron chi connectivity index (χ3n) is 3.50. The van der Waals surface area contributed by atoms with Gasteiger partial charge in [-0.3, -0.25) is 9.78 Å². The maximum absolute atomic E-state index is 13.7. The quantitative estimate of drug-likeness (QED) is 0.866. The summed E-state index contributed by atoms with van der Waals surface area (Å²) in [5, 5.41) is 3.18. The number of benzene rings is 1. The first-order valence-electron chi connectivity index (χ1n) is 7.05. The van der Waals surface area contributed by atoms with Crippen LogP contribution in [0.3, 0.4) is 0 Å². The fourth-order valence-corrected chi connectivity index (χ4v) is 2.37. The van der Waals surface area contributed by atoms with Crippen molar-refractivity contribution in [2.75, 3.05) is 13.1 Å². The van der Waals surface area contributed by atoms with Crippen LogP contribution < -0.4 is 5.32 Å². The van der Waals surface area contributed by atoms with Gasteiger partial charge in [-0.1, -0.05) is 18.2 Å². The molecule has 0 amide bonds. The van der Waals surface area contributed by atoms with Crippen LogP contribution in [0.25, 0.3) is 12.2 Å². The van der Waals surface area contributed by atoms with Crippen molar-refractivity contribution in [2.45, 2.75) is 0 Å². The van der Waals surface area contributed by atoms with Gasteiger partial charge >= 0.3 is 0 Å². The first-order chi connectivity index (χ1) is 10.7. The van der Waals surface area contributed by atoms with E-state index in [9.17, 15) is 9.18 Å². The van der Waals surface area contributed by atoms with Crippen LogP contribution in [0.1, 0.15) is 11.1 Å². The van der Waals surface area contributed by atoms with Crippen molar-refractivity contribution >= 4 is 17.9 Å². The first-order valence-corrected chi connectivity index (χ1v) is 7.05. The fraction of sp³-hybridized carbons (Fsp3) is 0.111. The molecule has 22 heavy (non-hydrogen) atoms. The number of nitrogens with zero attached hydrogens (tertiary/aromatic N) is 1. The molecule has 0 spiro atoms. The van der Waals surface area contributed by atoms with Gasteiger partial charge in [0.2, 0.25) is 0 Å². The van der Waals surface area contributed by atoms with E-state index in [-0.39, 0.29) is 11.6 Å². The van der Waals surface area contributed by atoms with Gasteiger partial charge in [-0.05, 0) is 35.9 Å². The van der Waals surface area contributed by atoms with Crippen LogP contribution in [0.5, 0.6) is 0 Å². The fourth-order valence-electron chi connectivity index (χ4n) is 2.37. The van der Waals surface area contributed by atoms with Gasteiger partial charge in [-0.25, -0.2) is 4.39 Å². The Morgan fingerprint density at radius 1 is 1.00 bits per heavy atom. The Hall–Kier alpha value is -2.59. The summed E-state index contributed by atoms with van der Waals surface area (Å²) < 4.78 is 13.7. The molecule has 0 atom stereocenters. The topological polar surface area (TPSA) is 42.0 Å². The molecule has 0 unspecified atom stereocenters. The Morgan fingerprint density at radius 2 is 1.68 bits per heavy atom. The van der Waals surface area contributed by atoms with Gasteiger partial charge in [0.05, 0.1) is 0 Å². The summed E-state index contributed by atoms with van der Waals surface area (Å²) in [5.74, 6) is -0.369. The Balaban J connectivity index is 1.90. The molecule has 1 fully saturated rings. The predicted octanol–water partition coefficient (Wildman–Crippen LogP) is 2.86. The van der Waals surface area contributed by atoms with Crippen LogP contribution in [-0.2, 0) is 4.79 Å². The van der Waals surface area contributed by atoms with Crippen molar-refractivity contribution in [1.82, 2.24) is 10.3 Å². The number of rotatable bonds is 2. The van der Waals surface area contributed by atoms with Gasteiger partial charge in [-0.2, -0.15) is 0 Å². The standard InChI is InChI=1S/C18H15FN2O/c19-17-4-2-1-3-14(17)10-16-12-21-11-15(18(16)22)9-13-5-7-20-8-6-13/h1-10,21H,11-12H2/b15-9+,16-10+. The Morgan fingerprint density at radius 3 is 2.41 bits per heavy atom. The molecule has 3 rings (SSSR count). The molecule has 2 heterocycles. The molecule has 0 aliphatic carbocycles. The summed E-state index contributed by atoms with van der Waals surface area (Å²) >= 11 is 0. The van der Waals surface area contributed by atoms with Gasteiger partial charge < -0.3 is 5.32 Å². The van der Waals surface area contributed by atoms with E-state index in [0.29, 0.717) is 29.8 Å². The monoisotopic (exact) mass is 294 g/mol. The van der Waals surface area contributed by atoms with E-state index in [1.54, 1.807) is 36.7 Å². The minimum absolute atomic E-state index is 0.0428. The second-order valence-corrected chi connectivity index (χ2v) is 5.07. The average molecular weight is 294 g/mol. The van der Waals surface area contributed by atoms with E-state index in [0.717, 1.165) is 5.56 Å². The highest BCUT2D eigenvalue weighted by atomic mass is 19.1. The Bertz CT molecular complexity index is 751. The number of carbonyl (C=O) groups is 1. The molecule has 1 aromatic carbocycles. The van der Waals surface area contributed by atoms with Gasteiger partial charge in [0.15, 0.2) is 5.78 Å². The lowest BCUT2D eigenvalue weighted by atomic mass is 9.96. The number of hydrogen-bond donors (Lipinski definition) is 1. The molecule has 1 aliphatic rings. The molecule has 4 heteroatoms. The lowest BCUT2D eigenvalue weighted by Crippen LogP contribution is -2.32. The summed E-state index contributed by atoms with van der Waals surface area (Å²) in [6.07, 6.45) is 6.82. The maximum Gasteiger partial charge on any atom is 0.187 e. The minimum Gasteiger partial charge on any atom is -0.308 e. The summed E-state index contributed by atoms with van der Waals surface area (Å²) in [6.45, 7) is 0.955. The summed E-state index contributed by atoms with van der Waals surface area (Å²) in [5.41, 5.74) is 2.58. The molecule has 1 saturated heterocycles. The minimum atomic E-state index is -0.326. The zero-order valence-electron chi connectivity index (χ0n) is 11.9. The van der Waals surface area contributed by atoms with Gasteiger partial charge in [-0.15, -0.1) is 0 Å². The first kappa shape index (κ1) is 14.4. The molecule has 1 aromatic heterocycles. The van der Waals surface area contributed by atoms with E-state index < -0.39 is 0 Å². The number of nitrogens with one attached hydrogen (secondary N) is 1. The number of Topliss-reactive ketones (excluding diaryl/α,β-unsaturated/α-hetero) is 1. The molecule has 3 nitrogen and oxygen atoms in total. The zero-order valence-corrected chi connectivity index (χ0v) is 11.9. The van der Waals surface area contributed by atoms with Gasteiger partial charge in [0.1, 0.15) is 5.82 Å². The van der Waals surface area contributed by atoms with Crippen LogP contribution in [-0.4, -0.2) is 23.9 Å². The van der Waals surface area contributed by atoms with E-state index in [1.807, 2.05) is 18.2 Å². The Kier molecular flexibility index (Phi) is 4.21. The van der Waals surface area contributed by atoms with Crippen LogP contribution >= 0.6 is 0 Å². The lowest BCUT2D eigenvalue weighted by molar-refractivity contribution is -0.112. The molecule has 0 bridgehead atoms. The molecular weight excluding hydrogens is 279 g/mol. The summed E-state index contributed by atoms with van der Waals surface area (Å²) in [7, 11) is 0. The molecular formula is C18H15FN2O. The summed E-state index contributed by atoms with van der Waals surface area (Å²) in [6, 6.07) is 10.1. The van der Waals surface area contributed by atoms with Crippen molar-refractivity contribution in [2.24, 2.45) is 0 Å². The molecule has 1 aliphatic heterocycles. The lowest BCUT2D eigenvalue weighted by Gasteiger charge is -2.18. The van der Waals surface area contributed by atoms with Crippen molar-refractivity contribution in [3.63, 3.8) is 0 Å². The van der Waals surface area contributed by atoms with E-state index in [1.165, 1.54) is 6.07 Å². The highest BCUT2D eigenvalue weighted by molar-refractivity contribution is 6.14. The second-order valence-electron chi connectivity index (χ2n) is 5.07. The number of halogens is 1. The normalized spacial score (nSPS) is 18.9. The average Bonchev–Trinajstić information content (AvgIpc) is 2.54. The largest absolute Gasteiger partial charge is 0.308 e. The number of hydrogen-bond acceptors (Lipinski definition) is 3. The summed E-state index contributed by atoms with van der Waals surface area (Å²) in [4.78, 5) is 16.5. The smallest absolute Gasteiger partial charge is 0.187 e. The zero-order chi connectivity index (χ0) is 15.4. The maximum atomic E-state index is 13.7. The number of pyridine rings is 1. The van der Waals surface area contributed by atoms with Crippen LogP contribution in [0.4, 0.5) is 4.39 Å². The third kappa shape index (κ3) is 3.18. The molecule has 1 N–H and O–H groups in total. The second kappa shape index (κ2) is 6.45. The molecule has 0 radical (unpaired) electrons.